The van der Waals surface area contributed by atoms with Gasteiger partial charge in [0, 0.05) is 12.2 Å². The van der Waals surface area contributed by atoms with Gasteiger partial charge in [0.05, 0.1) is 17.4 Å². The zero-order chi connectivity index (χ0) is 14.0. The van der Waals surface area contributed by atoms with Crippen LogP contribution in [0, 0.1) is 0 Å². The molecule has 0 fully saturated rings. The van der Waals surface area contributed by atoms with E-state index in [4.69, 9.17) is 5.73 Å². The van der Waals surface area contributed by atoms with E-state index in [1.807, 2.05) is 6.92 Å². The van der Waals surface area contributed by atoms with E-state index in [9.17, 15) is 13.2 Å². The average Bonchev–Trinajstić information content (AvgIpc) is 2.87. The average molecular weight is 269 g/mol. The van der Waals surface area contributed by atoms with Crippen LogP contribution in [0.5, 0.6) is 0 Å². The molecule has 0 aliphatic rings. The summed E-state index contributed by atoms with van der Waals surface area (Å²) in [6.45, 7) is 1.97. The molecule has 2 rings (SSSR count). The quantitative estimate of drug-likeness (QED) is 0.929. The maximum absolute atomic E-state index is 12.5. The van der Waals surface area contributed by atoms with Gasteiger partial charge in [0.1, 0.15) is 0 Å². The van der Waals surface area contributed by atoms with Crippen molar-refractivity contribution in [3.8, 4) is 5.69 Å². The zero-order valence-corrected chi connectivity index (χ0v) is 10.4. The third-order valence-corrected chi connectivity index (χ3v) is 2.94. The highest BCUT2D eigenvalue weighted by Crippen LogP contribution is 2.29. The number of alkyl halides is 3. The molecule has 19 heavy (non-hydrogen) atoms. The van der Waals surface area contributed by atoms with Gasteiger partial charge in [-0.3, -0.25) is 0 Å². The number of aromatic nitrogens is 2. The Morgan fingerprint density at radius 1 is 1.26 bits per heavy atom. The molecule has 2 N–H and O–H groups in total. The van der Waals surface area contributed by atoms with Gasteiger partial charge < -0.3 is 5.73 Å². The van der Waals surface area contributed by atoms with Crippen LogP contribution in [-0.2, 0) is 6.18 Å². The molecule has 2 aromatic rings. The second-order valence-corrected chi connectivity index (χ2v) is 4.28. The van der Waals surface area contributed by atoms with Gasteiger partial charge >= 0.3 is 6.18 Å². The molecule has 6 heteroatoms. The molecular formula is C13H14F3N3. The number of hydrogen-bond acceptors (Lipinski definition) is 2. The molecular weight excluding hydrogens is 255 g/mol. The minimum absolute atomic E-state index is 0.0580. The summed E-state index contributed by atoms with van der Waals surface area (Å²) < 4.78 is 38.6. The van der Waals surface area contributed by atoms with Gasteiger partial charge in [-0.1, -0.05) is 19.1 Å². The van der Waals surface area contributed by atoms with E-state index in [2.05, 4.69) is 5.10 Å². The Bertz CT molecular complexity index is 543. The molecule has 1 aromatic carbocycles. The monoisotopic (exact) mass is 269 g/mol. The largest absolute Gasteiger partial charge is 0.419 e. The lowest BCUT2D eigenvalue weighted by Gasteiger charge is -2.09. The van der Waals surface area contributed by atoms with E-state index in [0.717, 1.165) is 24.4 Å². The minimum Gasteiger partial charge on any atom is -0.324 e. The Hall–Kier alpha value is -1.82. The highest BCUT2D eigenvalue weighted by atomic mass is 19.4. The van der Waals surface area contributed by atoms with Crippen LogP contribution in [0.15, 0.2) is 36.7 Å². The standard InChI is InChI=1S/C13H14F3N3/c1-2-12(17)9-3-5-11(6-4-9)19-8-10(7-18-19)13(14,15)16/h3-8,12H,2,17H2,1H3/t12-/m1/s1. The molecule has 0 aliphatic heterocycles. The lowest BCUT2D eigenvalue weighted by molar-refractivity contribution is -0.137. The van der Waals surface area contributed by atoms with E-state index in [0.29, 0.717) is 5.69 Å². The van der Waals surface area contributed by atoms with Crippen molar-refractivity contribution in [2.75, 3.05) is 0 Å². The number of nitrogens with two attached hydrogens (primary N) is 1. The molecule has 0 amide bonds. The highest BCUT2D eigenvalue weighted by Gasteiger charge is 2.32. The molecule has 102 valence electrons. The Morgan fingerprint density at radius 2 is 1.89 bits per heavy atom. The molecule has 0 spiro atoms. The van der Waals surface area contributed by atoms with Crippen LogP contribution in [0.25, 0.3) is 5.69 Å². The molecule has 3 nitrogen and oxygen atoms in total. The maximum Gasteiger partial charge on any atom is 0.419 e. The third kappa shape index (κ3) is 2.96. The summed E-state index contributed by atoms with van der Waals surface area (Å²) in [6.07, 6.45) is -1.79. The number of benzene rings is 1. The van der Waals surface area contributed by atoms with Crippen LogP contribution in [0.2, 0.25) is 0 Å². The Morgan fingerprint density at radius 3 is 2.37 bits per heavy atom. The van der Waals surface area contributed by atoms with E-state index in [-0.39, 0.29) is 6.04 Å². The number of hydrogen-bond donors (Lipinski definition) is 1. The highest BCUT2D eigenvalue weighted by molar-refractivity contribution is 5.35. The fourth-order valence-electron chi connectivity index (χ4n) is 1.72. The van der Waals surface area contributed by atoms with Crippen molar-refractivity contribution in [2.24, 2.45) is 5.73 Å². The molecule has 1 heterocycles. The smallest absolute Gasteiger partial charge is 0.324 e. The molecule has 0 radical (unpaired) electrons. The summed E-state index contributed by atoms with van der Waals surface area (Å²) in [6, 6.07) is 6.96. The topological polar surface area (TPSA) is 43.8 Å². The molecule has 0 bridgehead atoms. The summed E-state index contributed by atoms with van der Waals surface area (Å²) in [5.41, 5.74) is 6.64. The Balaban J connectivity index is 2.25. The van der Waals surface area contributed by atoms with Crippen LogP contribution in [0.3, 0.4) is 0 Å². The van der Waals surface area contributed by atoms with Gasteiger partial charge in [-0.05, 0) is 24.1 Å². The molecule has 1 atom stereocenters. The van der Waals surface area contributed by atoms with Crippen LogP contribution in [0.4, 0.5) is 13.2 Å². The van der Waals surface area contributed by atoms with Crippen molar-refractivity contribution in [3.05, 3.63) is 47.8 Å². The first-order valence-corrected chi connectivity index (χ1v) is 5.89. The first-order valence-electron chi connectivity index (χ1n) is 5.89. The maximum atomic E-state index is 12.5. The molecule has 1 aromatic heterocycles. The van der Waals surface area contributed by atoms with Crippen molar-refractivity contribution < 1.29 is 13.2 Å². The molecule has 0 unspecified atom stereocenters. The minimum atomic E-state index is -4.37. The van der Waals surface area contributed by atoms with Gasteiger partial charge in [-0.15, -0.1) is 0 Å². The first-order chi connectivity index (χ1) is 8.91. The van der Waals surface area contributed by atoms with Gasteiger partial charge in [-0.25, -0.2) is 4.68 Å². The summed E-state index contributed by atoms with van der Waals surface area (Å²) in [4.78, 5) is 0. The lowest BCUT2D eigenvalue weighted by atomic mass is 10.1. The van der Waals surface area contributed by atoms with E-state index < -0.39 is 11.7 Å². The number of rotatable bonds is 3. The summed E-state index contributed by atoms with van der Waals surface area (Å²) in [7, 11) is 0. The van der Waals surface area contributed by atoms with Crippen molar-refractivity contribution in [1.82, 2.24) is 9.78 Å². The van der Waals surface area contributed by atoms with Crippen LogP contribution in [0.1, 0.15) is 30.5 Å². The van der Waals surface area contributed by atoms with E-state index in [1.165, 1.54) is 4.68 Å². The first kappa shape index (κ1) is 13.6. The van der Waals surface area contributed by atoms with Gasteiger partial charge in [0.15, 0.2) is 0 Å². The third-order valence-electron chi connectivity index (χ3n) is 2.94. The second kappa shape index (κ2) is 5.05. The molecule has 0 saturated heterocycles. The number of nitrogens with zero attached hydrogens (tertiary/aromatic N) is 2. The summed E-state index contributed by atoms with van der Waals surface area (Å²) in [5.74, 6) is 0. The molecule has 0 saturated carbocycles. The van der Waals surface area contributed by atoms with Crippen molar-refractivity contribution >= 4 is 0 Å². The fraction of sp³-hybridized carbons (Fsp3) is 0.308. The fourth-order valence-corrected chi connectivity index (χ4v) is 1.72. The summed E-state index contributed by atoms with van der Waals surface area (Å²) >= 11 is 0. The SMILES string of the molecule is CC[C@@H](N)c1ccc(-n2cc(C(F)(F)F)cn2)cc1. The predicted octanol–water partition coefficient (Wildman–Crippen LogP) is 3.30. The van der Waals surface area contributed by atoms with Crippen LogP contribution >= 0.6 is 0 Å². The van der Waals surface area contributed by atoms with Gasteiger partial charge in [0.25, 0.3) is 0 Å². The Labute approximate surface area is 108 Å². The zero-order valence-electron chi connectivity index (χ0n) is 10.4. The normalized spacial score (nSPS) is 13.5. The lowest BCUT2D eigenvalue weighted by Crippen LogP contribution is -2.08. The van der Waals surface area contributed by atoms with Crippen molar-refractivity contribution in [3.63, 3.8) is 0 Å². The summed E-state index contributed by atoms with van der Waals surface area (Å²) in [5, 5.41) is 3.71. The van der Waals surface area contributed by atoms with Gasteiger partial charge in [0.2, 0.25) is 0 Å². The Kier molecular flexibility index (Phi) is 3.61. The van der Waals surface area contributed by atoms with E-state index >= 15 is 0 Å². The number of halogens is 3. The van der Waals surface area contributed by atoms with Gasteiger partial charge in [-0.2, -0.15) is 18.3 Å². The van der Waals surface area contributed by atoms with Crippen molar-refractivity contribution in [2.45, 2.75) is 25.6 Å². The molecule has 0 aliphatic carbocycles. The predicted molar refractivity (Wildman–Crippen MR) is 65.8 cm³/mol. The van der Waals surface area contributed by atoms with Crippen LogP contribution < -0.4 is 5.73 Å². The van der Waals surface area contributed by atoms with E-state index in [1.54, 1.807) is 24.3 Å². The second-order valence-electron chi connectivity index (χ2n) is 4.28. The van der Waals surface area contributed by atoms with Crippen LogP contribution in [-0.4, -0.2) is 9.78 Å². The van der Waals surface area contributed by atoms with Crippen molar-refractivity contribution in [1.29, 1.82) is 0 Å².